The second-order valence-corrected chi connectivity index (χ2v) is 3.65. The molecule has 0 spiro atoms. The number of carbonyl (C=O) groups is 1. The number of anilines is 1. The molecular weight excluding hydrogens is 190 g/mol. The van der Waals surface area contributed by atoms with Crippen LogP contribution in [0.2, 0.25) is 0 Å². The van der Waals surface area contributed by atoms with Crippen molar-refractivity contribution in [2.45, 2.75) is 20.3 Å². The molecule has 1 unspecified atom stereocenters. The molecule has 82 valence electrons. The molecule has 0 bridgehead atoms. The lowest BCUT2D eigenvalue weighted by Gasteiger charge is -2.12. The van der Waals surface area contributed by atoms with Crippen LogP contribution in [-0.2, 0) is 4.79 Å². The predicted octanol–water partition coefficient (Wildman–Crippen LogP) is 1.95. The van der Waals surface area contributed by atoms with E-state index in [0.29, 0.717) is 6.42 Å². The summed E-state index contributed by atoms with van der Waals surface area (Å²) in [4.78, 5) is 11.6. The fraction of sp³-hybridized carbons (Fsp3) is 0.417. The first-order chi connectivity index (χ1) is 7.17. The van der Waals surface area contributed by atoms with Crippen molar-refractivity contribution in [1.29, 1.82) is 0 Å². The third-order valence-corrected chi connectivity index (χ3v) is 2.37. The Labute approximate surface area is 90.1 Å². The minimum atomic E-state index is -0.314. The number of aliphatic hydroxyl groups excluding tert-OH is 1. The summed E-state index contributed by atoms with van der Waals surface area (Å²) < 4.78 is 0. The molecule has 0 aliphatic carbocycles. The highest BCUT2D eigenvalue weighted by molar-refractivity contribution is 5.92. The quantitative estimate of drug-likeness (QED) is 0.792. The fourth-order valence-corrected chi connectivity index (χ4v) is 1.36. The summed E-state index contributed by atoms with van der Waals surface area (Å²) in [6.07, 6.45) is 0.647. The van der Waals surface area contributed by atoms with E-state index in [1.54, 1.807) is 0 Å². The third-order valence-electron chi connectivity index (χ3n) is 2.37. The van der Waals surface area contributed by atoms with Gasteiger partial charge in [0.05, 0.1) is 12.5 Å². The van der Waals surface area contributed by atoms with Crippen LogP contribution in [-0.4, -0.2) is 17.6 Å². The van der Waals surface area contributed by atoms with Gasteiger partial charge in [0.2, 0.25) is 5.91 Å². The Morgan fingerprint density at radius 1 is 1.53 bits per heavy atom. The maximum absolute atomic E-state index is 11.6. The second kappa shape index (κ2) is 5.51. The number of aryl methyl sites for hydroxylation is 1. The summed E-state index contributed by atoms with van der Waals surface area (Å²) in [5.74, 6) is -0.434. The van der Waals surface area contributed by atoms with E-state index in [-0.39, 0.29) is 18.4 Å². The molecular formula is C12H17NO2. The van der Waals surface area contributed by atoms with Crippen LogP contribution in [0.5, 0.6) is 0 Å². The van der Waals surface area contributed by atoms with E-state index in [9.17, 15) is 4.79 Å². The summed E-state index contributed by atoms with van der Waals surface area (Å²) in [7, 11) is 0. The van der Waals surface area contributed by atoms with Gasteiger partial charge < -0.3 is 10.4 Å². The van der Waals surface area contributed by atoms with Gasteiger partial charge in [0.25, 0.3) is 0 Å². The predicted molar refractivity (Wildman–Crippen MR) is 60.7 cm³/mol. The molecule has 1 atom stereocenters. The average molecular weight is 207 g/mol. The minimum absolute atomic E-state index is 0.103. The number of hydrogen-bond donors (Lipinski definition) is 2. The minimum Gasteiger partial charge on any atom is -0.396 e. The SMILES string of the molecule is CCC(CO)C(=O)Nc1cccc(C)c1. The van der Waals surface area contributed by atoms with Crippen molar-refractivity contribution in [2.24, 2.45) is 5.92 Å². The van der Waals surface area contributed by atoms with Crippen molar-refractivity contribution in [1.82, 2.24) is 0 Å². The Kier molecular flexibility index (Phi) is 4.31. The summed E-state index contributed by atoms with van der Waals surface area (Å²) in [5.41, 5.74) is 1.89. The molecule has 0 heterocycles. The van der Waals surface area contributed by atoms with Crippen LogP contribution in [0.15, 0.2) is 24.3 Å². The summed E-state index contributed by atoms with van der Waals surface area (Å²) in [5, 5.41) is 11.8. The highest BCUT2D eigenvalue weighted by Crippen LogP contribution is 2.12. The van der Waals surface area contributed by atoms with E-state index in [0.717, 1.165) is 11.3 Å². The average Bonchev–Trinajstić information content (AvgIpc) is 2.19. The number of carbonyl (C=O) groups excluding carboxylic acids is 1. The molecule has 1 rings (SSSR count). The number of nitrogens with one attached hydrogen (secondary N) is 1. The summed E-state index contributed by atoms with van der Waals surface area (Å²) in [6.45, 7) is 3.75. The zero-order valence-corrected chi connectivity index (χ0v) is 9.16. The number of amides is 1. The molecule has 0 saturated carbocycles. The molecule has 0 fully saturated rings. The van der Waals surface area contributed by atoms with Gasteiger partial charge in [-0.3, -0.25) is 4.79 Å². The molecule has 0 aromatic heterocycles. The maximum atomic E-state index is 11.6. The number of rotatable bonds is 4. The first-order valence-corrected chi connectivity index (χ1v) is 5.15. The van der Waals surface area contributed by atoms with Crippen molar-refractivity contribution in [3.63, 3.8) is 0 Å². The van der Waals surface area contributed by atoms with Gasteiger partial charge in [-0.1, -0.05) is 19.1 Å². The first kappa shape index (κ1) is 11.7. The van der Waals surface area contributed by atoms with Crippen LogP contribution in [0, 0.1) is 12.8 Å². The molecule has 0 saturated heterocycles. The molecule has 2 N–H and O–H groups in total. The lowest BCUT2D eigenvalue weighted by Crippen LogP contribution is -2.25. The molecule has 3 nitrogen and oxygen atoms in total. The monoisotopic (exact) mass is 207 g/mol. The Hall–Kier alpha value is -1.35. The normalized spacial score (nSPS) is 12.2. The van der Waals surface area contributed by atoms with E-state index in [2.05, 4.69) is 5.32 Å². The van der Waals surface area contributed by atoms with E-state index in [4.69, 9.17) is 5.11 Å². The van der Waals surface area contributed by atoms with Gasteiger partial charge in [0.1, 0.15) is 0 Å². The Bertz CT molecular complexity index is 332. The largest absolute Gasteiger partial charge is 0.396 e. The van der Waals surface area contributed by atoms with E-state index < -0.39 is 0 Å². The van der Waals surface area contributed by atoms with Crippen LogP contribution in [0.1, 0.15) is 18.9 Å². The summed E-state index contributed by atoms with van der Waals surface area (Å²) >= 11 is 0. The van der Waals surface area contributed by atoms with Crippen molar-refractivity contribution < 1.29 is 9.90 Å². The molecule has 0 radical (unpaired) electrons. The zero-order chi connectivity index (χ0) is 11.3. The van der Waals surface area contributed by atoms with Gasteiger partial charge in [-0.25, -0.2) is 0 Å². The molecule has 3 heteroatoms. The van der Waals surface area contributed by atoms with E-state index in [1.165, 1.54) is 0 Å². The van der Waals surface area contributed by atoms with Gasteiger partial charge in [-0.05, 0) is 31.0 Å². The molecule has 15 heavy (non-hydrogen) atoms. The van der Waals surface area contributed by atoms with E-state index in [1.807, 2.05) is 38.1 Å². The lowest BCUT2D eigenvalue weighted by atomic mass is 10.1. The van der Waals surface area contributed by atoms with Crippen LogP contribution in [0.4, 0.5) is 5.69 Å². The van der Waals surface area contributed by atoms with Crippen LogP contribution in [0.25, 0.3) is 0 Å². The highest BCUT2D eigenvalue weighted by Gasteiger charge is 2.14. The molecule has 0 aliphatic heterocycles. The molecule has 1 aromatic carbocycles. The Morgan fingerprint density at radius 3 is 2.80 bits per heavy atom. The summed E-state index contributed by atoms with van der Waals surface area (Å²) in [6, 6.07) is 7.61. The standard InChI is InChI=1S/C12H17NO2/c1-3-10(8-14)12(15)13-11-6-4-5-9(2)7-11/h4-7,10,14H,3,8H2,1-2H3,(H,13,15). The van der Waals surface area contributed by atoms with Crippen LogP contribution < -0.4 is 5.32 Å². The number of hydrogen-bond acceptors (Lipinski definition) is 2. The van der Waals surface area contributed by atoms with Gasteiger partial charge in [0, 0.05) is 5.69 Å². The van der Waals surface area contributed by atoms with Crippen molar-refractivity contribution in [3.8, 4) is 0 Å². The van der Waals surface area contributed by atoms with Gasteiger partial charge in [-0.2, -0.15) is 0 Å². The number of aliphatic hydroxyl groups is 1. The zero-order valence-electron chi connectivity index (χ0n) is 9.16. The van der Waals surface area contributed by atoms with Crippen molar-refractivity contribution in [2.75, 3.05) is 11.9 Å². The third kappa shape index (κ3) is 3.36. The maximum Gasteiger partial charge on any atom is 0.229 e. The second-order valence-electron chi connectivity index (χ2n) is 3.65. The van der Waals surface area contributed by atoms with Crippen molar-refractivity contribution >= 4 is 11.6 Å². The highest BCUT2D eigenvalue weighted by atomic mass is 16.3. The Morgan fingerprint density at radius 2 is 2.27 bits per heavy atom. The topological polar surface area (TPSA) is 49.3 Å². The molecule has 1 aromatic rings. The van der Waals surface area contributed by atoms with Crippen molar-refractivity contribution in [3.05, 3.63) is 29.8 Å². The van der Waals surface area contributed by atoms with Crippen LogP contribution in [0.3, 0.4) is 0 Å². The fourth-order valence-electron chi connectivity index (χ4n) is 1.36. The van der Waals surface area contributed by atoms with E-state index >= 15 is 0 Å². The van der Waals surface area contributed by atoms with Gasteiger partial charge in [-0.15, -0.1) is 0 Å². The number of benzene rings is 1. The van der Waals surface area contributed by atoms with Crippen LogP contribution >= 0.6 is 0 Å². The lowest BCUT2D eigenvalue weighted by molar-refractivity contribution is -0.121. The molecule has 0 aliphatic rings. The molecule has 1 amide bonds. The van der Waals surface area contributed by atoms with Gasteiger partial charge in [0.15, 0.2) is 0 Å². The first-order valence-electron chi connectivity index (χ1n) is 5.15. The van der Waals surface area contributed by atoms with Gasteiger partial charge >= 0.3 is 0 Å². The Balaban J connectivity index is 2.65. The smallest absolute Gasteiger partial charge is 0.229 e.